The predicted molar refractivity (Wildman–Crippen MR) is 139 cm³/mol. The second-order valence-electron chi connectivity index (χ2n) is 7.81. The van der Waals surface area contributed by atoms with Gasteiger partial charge >= 0.3 is 0 Å². The zero-order valence-electron chi connectivity index (χ0n) is 18.5. The second-order valence-corrected chi connectivity index (χ2v) is 11.3. The van der Waals surface area contributed by atoms with E-state index < -0.39 is 7.26 Å². The van der Waals surface area contributed by atoms with Crippen molar-refractivity contribution in [2.45, 2.75) is 20.0 Å². The molecule has 0 N–H and O–H groups in total. The maximum atomic E-state index is 2.40. The van der Waals surface area contributed by atoms with E-state index in [0.29, 0.717) is 0 Å². The third-order valence-corrected chi connectivity index (χ3v) is 10.5. The first-order chi connectivity index (χ1) is 15.3. The minimum Gasteiger partial charge on any atom is -0.372 e. The largest absolute Gasteiger partial charge is 0.372 e. The zero-order valence-corrected chi connectivity index (χ0v) is 19.4. The van der Waals surface area contributed by atoms with Crippen LogP contribution in [0.4, 0.5) is 5.69 Å². The van der Waals surface area contributed by atoms with Gasteiger partial charge in [0.2, 0.25) is 0 Å². The standard InChI is InChI=1S/C29H31NP/c1-3-30(4-2)26-22-20-25(21-23-26)24-31(27-14-8-5-9-15-27,28-16-10-6-11-17-28)29-18-12-7-13-19-29/h5-23H,3-4,24H2,1-2H3/q+1. The van der Waals surface area contributed by atoms with Gasteiger partial charge in [-0.1, -0.05) is 66.7 Å². The van der Waals surface area contributed by atoms with Gasteiger partial charge in [-0.2, -0.15) is 0 Å². The Balaban J connectivity index is 1.87. The van der Waals surface area contributed by atoms with Crippen molar-refractivity contribution < 1.29 is 0 Å². The number of hydrogen-bond acceptors (Lipinski definition) is 1. The molecular weight excluding hydrogens is 393 g/mol. The van der Waals surface area contributed by atoms with Gasteiger partial charge < -0.3 is 4.90 Å². The molecule has 0 amide bonds. The molecule has 0 aliphatic heterocycles. The summed E-state index contributed by atoms with van der Waals surface area (Å²) in [5, 5.41) is 4.29. The van der Waals surface area contributed by atoms with Crippen LogP contribution in [-0.4, -0.2) is 13.1 Å². The van der Waals surface area contributed by atoms with Gasteiger partial charge in [0.25, 0.3) is 0 Å². The molecule has 4 aromatic rings. The topological polar surface area (TPSA) is 3.24 Å². The summed E-state index contributed by atoms with van der Waals surface area (Å²) in [5.41, 5.74) is 2.69. The maximum absolute atomic E-state index is 2.40. The van der Waals surface area contributed by atoms with Crippen LogP contribution in [0.5, 0.6) is 0 Å². The van der Waals surface area contributed by atoms with E-state index in [1.165, 1.54) is 27.2 Å². The van der Waals surface area contributed by atoms with E-state index in [9.17, 15) is 0 Å². The molecule has 0 bridgehead atoms. The number of benzene rings is 4. The Morgan fingerprint density at radius 1 is 0.516 bits per heavy atom. The first-order valence-electron chi connectivity index (χ1n) is 11.2. The third-order valence-electron chi connectivity index (χ3n) is 6.08. The molecule has 1 nitrogen and oxygen atoms in total. The van der Waals surface area contributed by atoms with E-state index in [0.717, 1.165) is 19.3 Å². The average molecular weight is 425 g/mol. The fraction of sp³-hybridized carbons (Fsp3) is 0.172. The van der Waals surface area contributed by atoms with Gasteiger partial charge in [-0.3, -0.25) is 0 Å². The molecule has 0 aliphatic carbocycles. The summed E-state index contributed by atoms with van der Waals surface area (Å²) < 4.78 is 0. The minimum absolute atomic E-state index is 1.02. The first-order valence-corrected chi connectivity index (χ1v) is 13.1. The fourth-order valence-electron chi connectivity index (χ4n) is 4.44. The van der Waals surface area contributed by atoms with Crippen molar-refractivity contribution in [3.63, 3.8) is 0 Å². The number of rotatable bonds is 8. The van der Waals surface area contributed by atoms with Crippen molar-refractivity contribution in [2.24, 2.45) is 0 Å². The molecule has 0 atom stereocenters. The number of anilines is 1. The predicted octanol–water partition coefficient (Wildman–Crippen LogP) is 6.03. The Bertz CT molecular complexity index is 959. The maximum Gasteiger partial charge on any atom is 0.116 e. The number of nitrogens with zero attached hydrogens (tertiary/aromatic N) is 1. The lowest BCUT2D eigenvalue weighted by Crippen LogP contribution is -2.32. The van der Waals surface area contributed by atoms with Crippen LogP contribution < -0.4 is 20.8 Å². The van der Waals surface area contributed by atoms with Crippen LogP contribution in [-0.2, 0) is 6.16 Å². The highest BCUT2D eigenvalue weighted by molar-refractivity contribution is 7.95. The van der Waals surface area contributed by atoms with Crippen molar-refractivity contribution >= 4 is 28.9 Å². The molecule has 0 radical (unpaired) electrons. The lowest BCUT2D eigenvalue weighted by atomic mass is 10.2. The Morgan fingerprint density at radius 3 is 1.26 bits per heavy atom. The molecule has 0 unspecified atom stereocenters. The van der Waals surface area contributed by atoms with E-state index in [-0.39, 0.29) is 0 Å². The quantitative estimate of drug-likeness (QED) is 0.312. The van der Waals surface area contributed by atoms with Crippen LogP contribution in [0.2, 0.25) is 0 Å². The Kier molecular flexibility index (Phi) is 6.85. The molecule has 31 heavy (non-hydrogen) atoms. The molecule has 4 aromatic carbocycles. The van der Waals surface area contributed by atoms with E-state index >= 15 is 0 Å². The van der Waals surface area contributed by atoms with Crippen LogP contribution in [0.3, 0.4) is 0 Å². The molecule has 2 heteroatoms. The van der Waals surface area contributed by atoms with Crippen molar-refractivity contribution in [2.75, 3.05) is 18.0 Å². The van der Waals surface area contributed by atoms with Gasteiger partial charge in [0.05, 0.1) is 6.16 Å². The fourth-order valence-corrected chi connectivity index (χ4v) is 8.69. The van der Waals surface area contributed by atoms with Crippen LogP contribution in [0, 0.1) is 0 Å². The van der Waals surface area contributed by atoms with Gasteiger partial charge in [-0.15, -0.1) is 0 Å². The Labute approximate surface area is 187 Å². The summed E-state index contributed by atoms with van der Waals surface area (Å²) in [6, 6.07) is 42.6. The Morgan fingerprint density at radius 2 is 0.903 bits per heavy atom. The van der Waals surface area contributed by atoms with Crippen molar-refractivity contribution in [3.05, 3.63) is 121 Å². The highest BCUT2D eigenvalue weighted by Gasteiger charge is 2.45. The summed E-state index contributed by atoms with van der Waals surface area (Å²) in [4.78, 5) is 2.40. The Hall–Kier alpha value is -2.89. The summed E-state index contributed by atoms with van der Waals surface area (Å²) >= 11 is 0. The smallest absolute Gasteiger partial charge is 0.116 e. The van der Waals surface area contributed by atoms with Crippen molar-refractivity contribution in [1.82, 2.24) is 0 Å². The summed E-state index contributed by atoms with van der Waals surface area (Å²) in [7, 11) is -1.84. The molecule has 0 heterocycles. The molecular formula is C29H31NP+. The molecule has 0 saturated heterocycles. The van der Waals surface area contributed by atoms with Crippen LogP contribution in [0.25, 0.3) is 0 Å². The van der Waals surface area contributed by atoms with E-state index in [1.54, 1.807) is 0 Å². The van der Waals surface area contributed by atoms with Crippen LogP contribution >= 0.6 is 7.26 Å². The van der Waals surface area contributed by atoms with E-state index in [4.69, 9.17) is 0 Å². The van der Waals surface area contributed by atoms with Gasteiger partial charge in [0, 0.05) is 18.8 Å². The zero-order chi connectivity index (χ0) is 21.5. The lowest BCUT2D eigenvalue weighted by molar-refractivity contribution is 0.866. The molecule has 0 fully saturated rings. The summed E-state index contributed by atoms with van der Waals surface area (Å²) in [5.74, 6) is 0. The second kappa shape index (κ2) is 9.94. The van der Waals surface area contributed by atoms with Crippen molar-refractivity contribution in [3.8, 4) is 0 Å². The SMILES string of the molecule is CCN(CC)c1ccc(C[P+](c2ccccc2)(c2ccccc2)c2ccccc2)cc1. The monoisotopic (exact) mass is 424 g/mol. The molecule has 0 aliphatic rings. The van der Waals surface area contributed by atoms with Crippen molar-refractivity contribution in [1.29, 1.82) is 0 Å². The van der Waals surface area contributed by atoms with Gasteiger partial charge in [0.15, 0.2) is 0 Å². The molecule has 156 valence electrons. The highest BCUT2D eigenvalue weighted by atomic mass is 31.2. The van der Waals surface area contributed by atoms with Gasteiger partial charge in [-0.25, -0.2) is 0 Å². The molecule has 4 rings (SSSR count). The molecule has 0 saturated carbocycles. The van der Waals surface area contributed by atoms with Crippen LogP contribution in [0.1, 0.15) is 19.4 Å². The van der Waals surface area contributed by atoms with Gasteiger partial charge in [0.1, 0.15) is 23.2 Å². The summed E-state index contributed by atoms with van der Waals surface area (Å²) in [6.45, 7) is 6.50. The lowest BCUT2D eigenvalue weighted by Gasteiger charge is -2.28. The van der Waals surface area contributed by atoms with Crippen LogP contribution in [0.15, 0.2) is 115 Å². The normalized spacial score (nSPS) is 11.3. The summed E-state index contributed by atoms with van der Waals surface area (Å²) in [6.07, 6.45) is 1.02. The van der Waals surface area contributed by atoms with E-state index in [1.807, 2.05) is 0 Å². The van der Waals surface area contributed by atoms with E-state index in [2.05, 4.69) is 134 Å². The first kappa shape index (κ1) is 21.3. The minimum atomic E-state index is -1.84. The molecule has 0 spiro atoms. The third kappa shape index (κ3) is 4.43. The highest BCUT2D eigenvalue weighted by Crippen LogP contribution is 2.58. The van der Waals surface area contributed by atoms with Gasteiger partial charge in [-0.05, 0) is 67.9 Å². The average Bonchev–Trinajstić information content (AvgIpc) is 2.86. The molecule has 0 aromatic heterocycles. The number of hydrogen-bond donors (Lipinski definition) is 0.